The van der Waals surface area contributed by atoms with Crippen LogP contribution in [0.5, 0.6) is 0 Å². The molecule has 0 spiro atoms. The van der Waals surface area contributed by atoms with Gasteiger partial charge in [-0.25, -0.2) is 0 Å². The van der Waals surface area contributed by atoms with Crippen molar-refractivity contribution in [1.29, 1.82) is 0 Å². The summed E-state index contributed by atoms with van der Waals surface area (Å²) in [6.45, 7) is 1.42. The third kappa shape index (κ3) is 14.0. The van der Waals surface area contributed by atoms with Gasteiger partial charge < -0.3 is 20.5 Å². The maximum atomic E-state index is 13.1. The summed E-state index contributed by atoms with van der Waals surface area (Å²) in [5, 5.41) is 3.44. The summed E-state index contributed by atoms with van der Waals surface area (Å²) in [4.78, 5) is 10.5. The second-order valence-electron chi connectivity index (χ2n) is 10.6. The smallest absolute Gasteiger partial charge is 0.381 e. The number of rotatable bonds is 9. The summed E-state index contributed by atoms with van der Waals surface area (Å²) in [5.41, 5.74) is 3.47. The fraction of sp³-hybridized carbons (Fsp3) is 0.581. The van der Waals surface area contributed by atoms with Gasteiger partial charge in [0.2, 0.25) is 0 Å². The van der Waals surface area contributed by atoms with E-state index in [1.165, 1.54) is 6.42 Å². The van der Waals surface area contributed by atoms with Gasteiger partial charge in [-0.2, -0.15) is 26.3 Å². The summed E-state index contributed by atoms with van der Waals surface area (Å²) in [6, 6.07) is 10.8. The van der Waals surface area contributed by atoms with Gasteiger partial charge in [0.25, 0.3) is 0 Å². The van der Waals surface area contributed by atoms with Crippen LogP contribution in [-0.2, 0) is 38.8 Å². The van der Waals surface area contributed by atoms with E-state index in [4.69, 9.17) is 15.2 Å². The number of nitrogens with two attached hydrogens (primary N) is 1. The number of halogens is 8. The van der Waals surface area contributed by atoms with Crippen molar-refractivity contribution in [2.75, 3.05) is 26.4 Å². The van der Waals surface area contributed by atoms with E-state index in [-0.39, 0.29) is 50.5 Å². The first kappa shape index (κ1) is 42.1. The molecule has 44 heavy (non-hydrogen) atoms. The van der Waals surface area contributed by atoms with Crippen LogP contribution >= 0.6 is 24.8 Å². The van der Waals surface area contributed by atoms with Crippen molar-refractivity contribution in [2.24, 2.45) is 5.73 Å². The second-order valence-corrected chi connectivity index (χ2v) is 10.6. The Kier molecular flexibility index (Phi) is 18.7. The molecular weight excluding hydrogens is 633 g/mol. The summed E-state index contributed by atoms with van der Waals surface area (Å²) in [6.07, 6.45) is -2.35. The molecule has 5 nitrogen and oxygen atoms in total. The maximum absolute atomic E-state index is 13.1. The van der Waals surface area contributed by atoms with Gasteiger partial charge in [-0.1, -0.05) is 44.2 Å². The van der Waals surface area contributed by atoms with Crippen LogP contribution in [0.15, 0.2) is 48.5 Å². The summed E-state index contributed by atoms with van der Waals surface area (Å²) in [7, 11) is 0. The average molecular weight is 678 g/mol. The third-order valence-electron chi connectivity index (χ3n) is 7.26. The molecule has 2 aromatic carbocycles. The molecule has 1 aliphatic carbocycles. The summed E-state index contributed by atoms with van der Waals surface area (Å²) < 4.78 is 89.7. The number of ether oxygens (including phenoxy) is 2. The van der Waals surface area contributed by atoms with Gasteiger partial charge >= 0.3 is 12.4 Å². The lowest BCUT2D eigenvalue weighted by molar-refractivity contribution is -0.143. The SMILES string of the molecule is C.Cl.Cl.NC(CCNC1CCOCC1)(COCc1cc(C(F)(F)F)cc(C(F)(F)F)c1)c1ccccc1.O=C1CCCCC1. The molecule has 0 radical (unpaired) electrons. The van der Waals surface area contributed by atoms with Gasteiger partial charge in [-0.15, -0.1) is 24.8 Å². The number of hydrogen-bond donors (Lipinski definition) is 2. The van der Waals surface area contributed by atoms with Crippen molar-refractivity contribution in [2.45, 2.75) is 89.3 Å². The molecule has 1 aliphatic heterocycles. The zero-order valence-electron chi connectivity index (χ0n) is 23.8. The third-order valence-corrected chi connectivity index (χ3v) is 7.26. The van der Waals surface area contributed by atoms with Gasteiger partial charge in [0.1, 0.15) is 5.78 Å². The Labute approximate surface area is 268 Å². The molecular formula is C31H44Cl2F6N2O3. The lowest BCUT2D eigenvalue weighted by Crippen LogP contribution is -2.45. The van der Waals surface area contributed by atoms with Crippen LogP contribution in [0.2, 0.25) is 0 Å². The highest BCUT2D eigenvalue weighted by molar-refractivity contribution is 5.85. The van der Waals surface area contributed by atoms with E-state index in [1.807, 2.05) is 30.3 Å². The maximum Gasteiger partial charge on any atom is 0.416 e. The minimum atomic E-state index is -4.91. The number of hydrogen-bond acceptors (Lipinski definition) is 5. The van der Waals surface area contributed by atoms with Crippen LogP contribution < -0.4 is 11.1 Å². The molecule has 0 amide bonds. The molecule has 1 saturated heterocycles. The van der Waals surface area contributed by atoms with Crippen molar-refractivity contribution in [3.8, 4) is 0 Å². The highest BCUT2D eigenvalue weighted by Gasteiger charge is 2.37. The molecule has 3 N–H and O–H groups in total. The average Bonchev–Trinajstić information content (AvgIpc) is 2.94. The molecule has 4 rings (SSSR count). The Morgan fingerprint density at radius 2 is 1.39 bits per heavy atom. The number of Topliss-reactive ketones (excluding diaryl/α,β-unsaturated/α-hetero) is 1. The lowest BCUT2D eigenvalue weighted by Gasteiger charge is -2.32. The van der Waals surface area contributed by atoms with Crippen molar-refractivity contribution < 1.29 is 40.6 Å². The van der Waals surface area contributed by atoms with Gasteiger partial charge in [-0.05, 0) is 68.0 Å². The number of carbonyl (C=O) groups is 1. The van der Waals surface area contributed by atoms with E-state index >= 15 is 0 Å². The van der Waals surface area contributed by atoms with Crippen molar-refractivity contribution >= 4 is 30.6 Å². The first-order valence-corrected chi connectivity index (χ1v) is 13.9. The number of nitrogens with one attached hydrogen (secondary N) is 1. The van der Waals surface area contributed by atoms with Crippen LogP contribution in [0.4, 0.5) is 26.3 Å². The summed E-state index contributed by atoms with van der Waals surface area (Å²) in [5.74, 6) is 0.464. The number of alkyl halides is 6. The second kappa shape index (κ2) is 19.6. The Balaban J connectivity index is 0.00000163. The first-order valence-electron chi connectivity index (χ1n) is 13.9. The highest BCUT2D eigenvalue weighted by Crippen LogP contribution is 2.36. The molecule has 1 saturated carbocycles. The van der Waals surface area contributed by atoms with E-state index in [9.17, 15) is 31.1 Å². The molecule has 1 atom stereocenters. The Morgan fingerprint density at radius 1 is 0.841 bits per heavy atom. The standard InChI is InChI=1S/C24H28F6N2O2.C6H10O.CH4.2ClH/c25-23(26,27)19-12-17(13-20(14-19)24(28,29)30)15-34-16-22(31,18-4-2-1-3-5-18)8-9-32-21-6-10-33-11-7-21;7-6-4-2-1-3-5-6;;;/h1-5,12-14,21,32H,6-11,15-16,31H2;1-5H2;1H4;2*1H. The predicted molar refractivity (Wildman–Crippen MR) is 164 cm³/mol. The predicted octanol–water partition coefficient (Wildman–Crippen LogP) is 8.25. The van der Waals surface area contributed by atoms with Crippen LogP contribution in [0.3, 0.4) is 0 Å². The molecule has 0 bridgehead atoms. The number of carbonyl (C=O) groups excluding carboxylic acids is 1. The zero-order valence-corrected chi connectivity index (χ0v) is 25.4. The van der Waals surface area contributed by atoms with Crippen LogP contribution in [0.1, 0.15) is 81.0 Å². The molecule has 1 heterocycles. The normalized spacial score (nSPS) is 17.1. The fourth-order valence-electron chi connectivity index (χ4n) is 4.87. The van der Waals surface area contributed by atoms with E-state index < -0.39 is 35.6 Å². The quantitative estimate of drug-likeness (QED) is 0.262. The van der Waals surface area contributed by atoms with E-state index in [0.717, 1.165) is 44.1 Å². The molecule has 2 aliphatic rings. The van der Waals surface area contributed by atoms with Crippen molar-refractivity contribution in [3.05, 3.63) is 70.8 Å². The van der Waals surface area contributed by atoms with Crippen LogP contribution in [-0.4, -0.2) is 38.2 Å². The van der Waals surface area contributed by atoms with Gasteiger partial charge in [-0.3, -0.25) is 4.79 Å². The van der Waals surface area contributed by atoms with Crippen LogP contribution in [0.25, 0.3) is 0 Å². The Morgan fingerprint density at radius 3 is 1.86 bits per heavy atom. The van der Waals surface area contributed by atoms with E-state index in [0.29, 0.717) is 50.1 Å². The largest absolute Gasteiger partial charge is 0.416 e. The minimum Gasteiger partial charge on any atom is -0.381 e. The van der Waals surface area contributed by atoms with Crippen LogP contribution in [0, 0.1) is 0 Å². The fourth-order valence-corrected chi connectivity index (χ4v) is 4.87. The lowest BCUT2D eigenvalue weighted by atomic mass is 9.88. The number of ketones is 1. The molecule has 0 aromatic heterocycles. The van der Waals surface area contributed by atoms with E-state index in [2.05, 4.69) is 5.32 Å². The number of benzene rings is 2. The van der Waals surface area contributed by atoms with Crippen molar-refractivity contribution in [1.82, 2.24) is 5.32 Å². The summed E-state index contributed by atoms with van der Waals surface area (Å²) >= 11 is 0. The topological polar surface area (TPSA) is 73.6 Å². The molecule has 2 fully saturated rings. The van der Waals surface area contributed by atoms with Crippen molar-refractivity contribution in [3.63, 3.8) is 0 Å². The Bertz CT molecular complexity index is 1060. The van der Waals surface area contributed by atoms with Gasteiger partial charge in [0.05, 0.1) is 29.9 Å². The zero-order chi connectivity index (χ0) is 29.9. The molecule has 2 aromatic rings. The first-order chi connectivity index (χ1) is 19.4. The highest BCUT2D eigenvalue weighted by atomic mass is 35.5. The molecule has 252 valence electrons. The minimum absolute atomic E-state index is 0. The monoisotopic (exact) mass is 676 g/mol. The van der Waals surface area contributed by atoms with Gasteiger partial charge in [0, 0.05) is 32.1 Å². The van der Waals surface area contributed by atoms with E-state index in [1.54, 1.807) is 0 Å². The van der Waals surface area contributed by atoms with Gasteiger partial charge in [0.15, 0.2) is 0 Å². The molecule has 1 unspecified atom stereocenters. The molecule has 13 heteroatoms. The Hall–Kier alpha value is -1.89.